The van der Waals surface area contributed by atoms with E-state index in [9.17, 15) is 13.6 Å². The summed E-state index contributed by atoms with van der Waals surface area (Å²) in [7, 11) is 0. The average molecular weight is 371 g/mol. The Kier molecular flexibility index (Phi) is 4.92. The SMILES string of the molecule is O=C(c1c(F)cccc1F)N1CCN(c2ccc(Cl)c(Cl)c2)CC1. The van der Waals surface area contributed by atoms with Crippen LogP contribution in [0.15, 0.2) is 36.4 Å². The van der Waals surface area contributed by atoms with Crippen LogP contribution in [-0.4, -0.2) is 37.0 Å². The maximum absolute atomic E-state index is 13.8. The molecule has 0 unspecified atom stereocenters. The van der Waals surface area contributed by atoms with Gasteiger partial charge < -0.3 is 9.80 Å². The molecule has 1 heterocycles. The van der Waals surface area contributed by atoms with Gasteiger partial charge in [0.15, 0.2) is 0 Å². The summed E-state index contributed by atoms with van der Waals surface area (Å²) < 4.78 is 27.5. The third-order valence-electron chi connectivity index (χ3n) is 4.01. The van der Waals surface area contributed by atoms with Crippen molar-refractivity contribution < 1.29 is 13.6 Å². The molecule has 3 nitrogen and oxygen atoms in total. The van der Waals surface area contributed by atoms with Crippen molar-refractivity contribution in [2.45, 2.75) is 0 Å². The van der Waals surface area contributed by atoms with Crippen molar-refractivity contribution in [3.05, 3.63) is 63.6 Å². The Balaban J connectivity index is 1.70. The third kappa shape index (κ3) is 3.32. The number of nitrogens with zero attached hydrogens (tertiary/aromatic N) is 2. The van der Waals surface area contributed by atoms with Gasteiger partial charge in [-0.15, -0.1) is 0 Å². The van der Waals surface area contributed by atoms with Gasteiger partial charge in [0.2, 0.25) is 0 Å². The highest BCUT2D eigenvalue weighted by atomic mass is 35.5. The molecule has 0 aromatic heterocycles. The van der Waals surface area contributed by atoms with Crippen molar-refractivity contribution >= 4 is 34.8 Å². The molecule has 7 heteroatoms. The highest BCUT2D eigenvalue weighted by molar-refractivity contribution is 6.42. The van der Waals surface area contributed by atoms with Crippen LogP contribution in [-0.2, 0) is 0 Å². The van der Waals surface area contributed by atoms with Gasteiger partial charge in [-0.3, -0.25) is 4.79 Å². The Labute approximate surface area is 148 Å². The molecule has 1 amide bonds. The lowest BCUT2D eigenvalue weighted by molar-refractivity contribution is 0.0737. The Morgan fingerprint density at radius 3 is 2.12 bits per heavy atom. The second kappa shape index (κ2) is 6.95. The number of anilines is 1. The first-order valence-corrected chi connectivity index (χ1v) is 8.16. The van der Waals surface area contributed by atoms with Crippen LogP contribution in [0.4, 0.5) is 14.5 Å². The maximum Gasteiger partial charge on any atom is 0.259 e. The maximum atomic E-state index is 13.8. The first-order valence-electron chi connectivity index (χ1n) is 7.40. The Morgan fingerprint density at radius 2 is 1.54 bits per heavy atom. The van der Waals surface area contributed by atoms with E-state index in [-0.39, 0.29) is 0 Å². The zero-order chi connectivity index (χ0) is 17.3. The molecule has 0 saturated carbocycles. The van der Waals surface area contributed by atoms with Crippen LogP contribution in [0.5, 0.6) is 0 Å². The van der Waals surface area contributed by atoms with Gasteiger partial charge in [-0.1, -0.05) is 29.3 Å². The van der Waals surface area contributed by atoms with Crippen molar-refractivity contribution in [1.82, 2.24) is 4.90 Å². The number of piperazine rings is 1. The van der Waals surface area contributed by atoms with Gasteiger partial charge in [-0.2, -0.15) is 0 Å². The quantitative estimate of drug-likeness (QED) is 0.789. The molecule has 0 N–H and O–H groups in total. The summed E-state index contributed by atoms with van der Waals surface area (Å²) in [5, 5.41) is 0.936. The molecule has 0 bridgehead atoms. The van der Waals surface area contributed by atoms with Gasteiger partial charge in [0.05, 0.1) is 10.0 Å². The number of hydrogen-bond acceptors (Lipinski definition) is 2. The van der Waals surface area contributed by atoms with E-state index in [0.29, 0.717) is 36.2 Å². The van der Waals surface area contributed by atoms with Gasteiger partial charge in [-0.05, 0) is 30.3 Å². The molecule has 126 valence electrons. The zero-order valence-electron chi connectivity index (χ0n) is 12.6. The molecule has 0 spiro atoms. The van der Waals surface area contributed by atoms with E-state index in [1.54, 1.807) is 12.1 Å². The summed E-state index contributed by atoms with van der Waals surface area (Å²) in [5.74, 6) is -2.31. The number of carbonyl (C=O) groups is 1. The van der Waals surface area contributed by atoms with Crippen molar-refractivity contribution in [3.8, 4) is 0 Å². The minimum absolute atomic E-state index is 0.368. The van der Waals surface area contributed by atoms with Gasteiger partial charge in [-0.25, -0.2) is 8.78 Å². The van der Waals surface area contributed by atoms with Crippen molar-refractivity contribution in [2.24, 2.45) is 0 Å². The Bertz CT molecular complexity index is 757. The van der Waals surface area contributed by atoms with Gasteiger partial charge in [0.25, 0.3) is 5.91 Å². The van der Waals surface area contributed by atoms with E-state index < -0.39 is 23.1 Å². The largest absolute Gasteiger partial charge is 0.368 e. The zero-order valence-corrected chi connectivity index (χ0v) is 14.1. The topological polar surface area (TPSA) is 23.6 Å². The summed E-state index contributed by atoms with van der Waals surface area (Å²) in [6.45, 7) is 1.82. The molecule has 1 saturated heterocycles. The average Bonchev–Trinajstić information content (AvgIpc) is 2.57. The molecule has 3 rings (SSSR count). The molecule has 2 aromatic carbocycles. The summed E-state index contributed by atoms with van der Waals surface area (Å²) in [6, 6.07) is 8.74. The normalized spacial score (nSPS) is 14.8. The lowest BCUT2D eigenvalue weighted by atomic mass is 10.1. The standard InChI is InChI=1S/C17H14Cl2F2N2O/c18-12-5-4-11(10-13(12)19)22-6-8-23(9-7-22)17(24)16-14(20)2-1-3-15(16)21/h1-5,10H,6-9H2. The predicted octanol–water partition coefficient (Wildman–Crippen LogP) is 4.23. The molecular formula is C17H14Cl2F2N2O. The van der Waals surface area contributed by atoms with Crippen LogP contribution in [0.1, 0.15) is 10.4 Å². The van der Waals surface area contributed by atoms with Gasteiger partial charge in [0.1, 0.15) is 17.2 Å². The number of rotatable bonds is 2. The van der Waals surface area contributed by atoms with Crippen LogP contribution >= 0.6 is 23.2 Å². The van der Waals surface area contributed by atoms with Crippen LogP contribution in [0.2, 0.25) is 10.0 Å². The van der Waals surface area contributed by atoms with E-state index >= 15 is 0 Å². The fourth-order valence-corrected chi connectivity index (χ4v) is 3.00. The molecule has 24 heavy (non-hydrogen) atoms. The predicted molar refractivity (Wildman–Crippen MR) is 90.9 cm³/mol. The van der Waals surface area contributed by atoms with Crippen molar-refractivity contribution in [1.29, 1.82) is 0 Å². The second-order valence-corrected chi connectivity index (χ2v) is 6.29. The number of carbonyl (C=O) groups excluding carboxylic acids is 1. The number of hydrogen-bond donors (Lipinski definition) is 0. The van der Waals surface area contributed by atoms with Crippen LogP contribution < -0.4 is 4.90 Å². The van der Waals surface area contributed by atoms with E-state index in [1.165, 1.54) is 11.0 Å². The molecule has 1 aliphatic rings. The van der Waals surface area contributed by atoms with Gasteiger partial charge in [0, 0.05) is 31.9 Å². The number of halogens is 4. The van der Waals surface area contributed by atoms with Crippen molar-refractivity contribution in [3.63, 3.8) is 0 Å². The van der Waals surface area contributed by atoms with Crippen LogP contribution in [0, 0.1) is 11.6 Å². The lowest BCUT2D eigenvalue weighted by Crippen LogP contribution is -2.49. The van der Waals surface area contributed by atoms with E-state index in [1.807, 2.05) is 11.0 Å². The summed E-state index contributed by atoms with van der Waals surface area (Å²) >= 11 is 11.9. The molecule has 2 aromatic rings. The van der Waals surface area contributed by atoms with Crippen LogP contribution in [0.25, 0.3) is 0 Å². The molecule has 0 atom stereocenters. The number of benzene rings is 2. The van der Waals surface area contributed by atoms with Gasteiger partial charge >= 0.3 is 0 Å². The minimum atomic E-state index is -0.841. The van der Waals surface area contributed by atoms with E-state index in [4.69, 9.17) is 23.2 Å². The summed E-state index contributed by atoms with van der Waals surface area (Å²) in [6.07, 6.45) is 0. The summed E-state index contributed by atoms with van der Waals surface area (Å²) in [5.41, 5.74) is 0.397. The smallest absolute Gasteiger partial charge is 0.259 e. The third-order valence-corrected chi connectivity index (χ3v) is 4.75. The fraction of sp³-hybridized carbons (Fsp3) is 0.235. The highest BCUT2D eigenvalue weighted by Gasteiger charge is 2.26. The molecular weight excluding hydrogens is 357 g/mol. The monoisotopic (exact) mass is 370 g/mol. The second-order valence-electron chi connectivity index (χ2n) is 5.47. The van der Waals surface area contributed by atoms with Crippen molar-refractivity contribution in [2.75, 3.05) is 31.1 Å². The molecule has 1 aliphatic heterocycles. The number of amides is 1. The first kappa shape index (κ1) is 17.0. The lowest BCUT2D eigenvalue weighted by Gasteiger charge is -2.36. The Morgan fingerprint density at radius 1 is 0.917 bits per heavy atom. The molecule has 0 aliphatic carbocycles. The van der Waals surface area contributed by atoms with E-state index in [2.05, 4.69) is 0 Å². The highest BCUT2D eigenvalue weighted by Crippen LogP contribution is 2.28. The first-order chi connectivity index (χ1) is 11.5. The molecule has 0 radical (unpaired) electrons. The fourth-order valence-electron chi connectivity index (χ4n) is 2.71. The molecule has 1 fully saturated rings. The Hall–Kier alpha value is -1.85. The van der Waals surface area contributed by atoms with E-state index in [0.717, 1.165) is 17.8 Å². The van der Waals surface area contributed by atoms with Crippen LogP contribution in [0.3, 0.4) is 0 Å². The minimum Gasteiger partial charge on any atom is -0.368 e. The summed E-state index contributed by atoms with van der Waals surface area (Å²) in [4.78, 5) is 15.9.